The molecular formula is C12H18ClN3O2S. The second-order valence-corrected chi connectivity index (χ2v) is 6.27. The zero-order valence-corrected chi connectivity index (χ0v) is 12.8. The quantitative estimate of drug-likeness (QED) is 0.869. The Morgan fingerprint density at radius 3 is 3.00 bits per heavy atom. The van der Waals surface area contributed by atoms with Crippen LogP contribution in [0.25, 0.3) is 0 Å². The molecule has 106 valence electrons. The van der Waals surface area contributed by atoms with Crippen LogP contribution in [0.4, 0.5) is 5.13 Å². The number of aromatic nitrogens is 1. The van der Waals surface area contributed by atoms with Gasteiger partial charge in [-0.2, -0.15) is 0 Å². The molecule has 2 heterocycles. The standard InChI is InChI=1S/C12H18ClN3O2S/c1-7-6-16(2)5-4-8(7)14-12-15-10(13)9(19-12)11(17)18-3/h7-8H,4-6H2,1-3H3,(H,14,15). The van der Waals surface area contributed by atoms with Gasteiger partial charge in [0.1, 0.15) is 0 Å². The van der Waals surface area contributed by atoms with Gasteiger partial charge in [-0.3, -0.25) is 0 Å². The number of anilines is 1. The third-order valence-corrected chi connectivity index (χ3v) is 4.73. The smallest absolute Gasteiger partial charge is 0.351 e. The second kappa shape index (κ2) is 6.07. The van der Waals surface area contributed by atoms with Crippen LogP contribution in [0.2, 0.25) is 5.15 Å². The number of halogens is 1. The zero-order chi connectivity index (χ0) is 14.0. The minimum atomic E-state index is -0.438. The average molecular weight is 304 g/mol. The largest absolute Gasteiger partial charge is 0.465 e. The van der Waals surface area contributed by atoms with E-state index < -0.39 is 5.97 Å². The molecule has 1 N–H and O–H groups in total. The summed E-state index contributed by atoms with van der Waals surface area (Å²) in [6.45, 7) is 4.33. The molecule has 1 aliphatic heterocycles. The van der Waals surface area contributed by atoms with E-state index in [-0.39, 0.29) is 5.15 Å². The first-order valence-corrected chi connectivity index (χ1v) is 7.40. The Balaban J connectivity index is 2.05. The van der Waals surface area contributed by atoms with Gasteiger partial charge < -0.3 is 15.0 Å². The van der Waals surface area contributed by atoms with Gasteiger partial charge in [0, 0.05) is 12.6 Å². The molecule has 2 atom stereocenters. The van der Waals surface area contributed by atoms with Crippen LogP contribution >= 0.6 is 22.9 Å². The van der Waals surface area contributed by atoms with Crippen LogP contribution in [0.1, 0.15) is 23.0 Å². The molecule has 1 aromatic heterocycles. The summed E-state index contributed by atoms with van der Waals surface area (Å²) in [6.07, 6.45) is 1.06. The van der Waals surface area contributed by atoms with E-state index in [1.165, 1.54) is 18.4 Å². The van der Waals surface area contributed by atoms with Crippen molar-refractivity contribution in [2.45, 2.75) is 19.4 Å². The predicted molar refractivity (Wildman–Crippen MR) is 77.2 cm³/mol. The molecule has 7 heteroatoms. The summed E-state index contributed by atoms with van der Waals surface area (Å²) < 4.78 is 4.67. The average Bonchev–Trinajstić information content (AvgIpc) is 2.73. The van der Waals surface area contributed by atoms with Gasteiger partial charge in [-0.15, -0.1) is 0 Å². The molecule has 1 aliphatic rings. The van der Waals surface area contributed by atoms with Crippen molar-refractivity contribution in [3.8, 4) is 0 Å². The molecule has 1 aromatic rings. The molecular weight excluding hydrogens is 286 g/mol. The van der Waals surface area contributed by atoms with E-state index in [2.05, 4.69) is 33.9 Å². The van der Waals surface area contributed by atoms with Crippen LogP contribution in [-0.4, -0.2) is 49.1 Å². The Labute approximate surface area is 121 Å². The first-order valence-electron chi connectivity index (χ1n) is 6.21. The molecule has 0 amide bonds. The Morgan fingerprint density at radius 1 is 1.63 bits per heavy atom. The topological polar surface area (TPSA) is 54.5 Å². The highest BCUT2D eigenvalue weighted by Crippen LogP contribution is 2.29. The van der Waals surface area contributed by atoms with E-state index in [0.29, 0.717) is 22.0 Å². The van der Waals surface area contributed by atoms with E-state index in [9.17, 15) is 4.79 Å². The van der Waals surface area contributed by atoms with Crippen molar-refractivity contribution in [1.82, 2.24) is 9.88 Å². The zero-order valence-electron chi connectivity index (χ0n) is 11.3. The van der Waals surface area contributed by atoms with Gasteiger partial charge in [-0.1, -0.05) is 29.9 Å². The number of thiazole rings is 1. The van der Waals surface area contributed by atoms with Gasteiger partial charge in [0.25, 0.3) is 0 Å². The fraction of sp³-hybridized carbons (Fsp3) is 0.667. The summed E-state index contributed by atoms with van der Waals surface area (Å²) in [5.74, 6) is 0.0926. The first-order chi connectivity index (χ1) is 9.01. The molecule has 0 aromatic carbocycles. The molecule has 1 fully saturated rings. The predicted octanol–water partition coefficient (Wildman–Crippen LogP) is 2.34. The SMILES string of the molecule is COC(=O)c1sc(NC2CCN(C)CC2C)nc1Cl. The number of nitrogens with zero attached hydrogens (tertiary/aromatic N) is 2. The highest BCUT2D eigenvalue weighted by molar-refractivity contribution is 7.18. The molecule has 19 heavy (non-hydrogen) atoms. The lowest BCUT2D eigenvalue weighted by molar-refractivity contribution is 0.0606. The lowest BCUT2D eigenvalue weighted by atomic mass is 9.94. The van der Waals surface area contributed by atoms with Crippen molar-refractivity contribution in [2.24, 2.45) is 5.92 Å². The van der Waals surface area contributed by atoms with E-state index >= 15 is 0 Å². The molecule has 2 rings (SSSR count). The fourth-order valence-corrected chi connectivity index (χ4v) is 3.47. The lowest BCUT2D eigenvalue weighted by Crippen LogP contribution is -2.43. The van der Waals surface area contributed by atoms with Crippen molar-refractivity contribution in [3.63, 3.8) is 0 Å². The summed E-state index contributed by atoms with van der Waals surface area (Å²) in [4.78, 5) is 18.3. The minimum absolute atomic E-state index is 0.208. The van der Waals surface area contributed by atoms with Crippen molar-refractivity contribution in [1.29, 1.82) is 0 Å². The van der Waals surface area contributed by atoms with Gasteiger partial charge in [-0.05, 0) is 25.9 Å². The minimum Gasteiger partial charge on any atom is -0.465 e. The molecule has 1 saturated heterocycles. The number of carbonyl (C=O) groups excluding carboxylic acids is 1. The molecule has 2 unspecified atom stereocenters. The second-order valence-electron chi connectivity index (χ2n) is 4.91. The molecule has 0 radical (unpaired) electrons. The number of likely N-dealkylation sites (tertiary alicyclic amines) is 1. The maximum atomic E-state index is 11.5. The summed E-state index contributed by atoms with van der Waals surface area (Å²) >= 11 is 7.19. The normalized spacial score (nSPS) is 24.2. The summed E-state index contributed by atoms with van der Waals surface area (Å²) in [7, 11) is 3.47. The van der Waals surface area contributed by atoms with Crippen LogP contribution in [-0.2, 0) is 4.74 Å². The van der Waals surface area contributed by atoms with Crippen molar-refractivity contribution < 1.29 is 9.53 Å². The van der Waals surface area contributed by atoms with Crippen molar-refractivity contribution in [2.75, 3.05) is 32.6 Å². The molecule has 5 nitrogen and oxygen atoms in total. The Morgan fingerprint density at radius 2 is 2.37 bits per heavy atom. The van der Waals surface area contributed by atoms with Gasteiger partial charge in [0.15, 0.2) is 15.2 Å². The van der Waals surface area contributed by atoms with E-state index in [0.717, 1.165) is 19.5 Å². The van der Waals surface area contributed by atoms with Crippen LogP contribution in [0.15, 0.2) is 0 Å². The monoisotopic (exact) mass is 303 g/mol. The van der Waals surface area contributed by atoms with Gasteiger partial charge >= 0.3 is 5.97 Å². The number of carbonyl (C=O) groups is 1. The third kappa shape index (κ3) is 3.38. The number of esters is 1. The first kappa shape index (κ1) is 14.6. The molecule has 0 spiro atoms. The molecule has 0 saturated carbocycles. The number of rotatable bonds is 3. The number of nitrogens with one attached hydrogen (secondary N) is 1. The third-order valence-electron chi connectivity index (χ3n) is 3.37. The lowest BCUT2D eigenvalue weighted by Gasteiger charge is -2.35. The number of hydrogen-bond donors (Lipinski definition) is 1. The van der Waals surface area contributed by atoms with Crippen LogP contribution in [0, 0.1) is 5.92 Å². The molecule has 0 bridgehead atoms. The number of hydrogen-bond acceptors (Lipinski definition) is 6. The van der Waals surface area contributed by atoms with Crippen molar-refractivity contribution in [3.05, 3.63) is 10.0 Å². The highest BCUT2D eigenvalue weighted by Gasteiger charge is 2.26. The number of ether oxygens (including phenoxy) is 1. The van der Waals surface area contributed by atoms with Crippen LogP contribution in [0.5, 0.6) is 0 Å². The van der Waals surface area contributed by atoms with Gasteiger partial charge in [0.2, 0.25) is 0 Å². The van der Waals surface area contributed by atoms with Crippen LogP contribution in [0.3, 0.4) is 0 Å². The maximum absolute atomic E-state index is 11.5. The van der Waals surface area contributed by atoms with Crippen LogP contribution < -0.4 is 5.32 Å². The van der Waals surface area contributed by atoms with E-state index in [1.54, 1.807) is 0 Å². The number of methoxy groups -OCH3 is 1. The summed E-state index contributed by atoms with van der Waals surface area (Å²) in [6, 6.07) is 0.365. The Bertz CT molecular complexity index is 466. The fourth-order valence-electron chi connectivity index (χ4n) is 2.31. The highest BCUT2D eigenvalue weighted by atomic mass is 35.5. The van der Waals surface area contributed by atoms with E-state index in [4.69, 9.17) is 11.6 Å². The maximum Gasteiger partial charge on any atom is 0.351 e. The van der Waals surface area contributed by atoms with Gasteiger partial charge in [0.05, 0.1) is 7.11 Å². The van der Waals surface area contributed by atoms with Gasteiger partial charge in [-0.25, -0.2) is 9.78 Å². The van der Waals surface area contributed by atoms with Crippen molar-refractivity contribution >= 4 is 34.0 Å². The number of piperidine rings is 1. The summed E-state index contributed by atoms with van der Waals surface area (Å²) in [5, 5.41) is 4.28. The Hall–Kier alpha value is -0.850. The molecule has 0 aliphatic carbocycles. The summed E-state index contributed by atoms with van der Waals surface area (Å²) in [5.41, 5.74) is 0. The van der Waals surface area contributed by atoms with E-state index in [1.807, 2.05) is 0 Å². The Kier molecular flexibility index (Phi) is 4.65.